The van der Waals surface area contributed by atoms with Crippen LogP contribution in [0, 0.1) is 0 Å². The number of methoxy groups -OCH3 is 1. The lowest BCUT2D eigenvalue weighted by Gasteiger charge is -2.10. The third-order valence-electron chi connectivity index (χ3n) is 2.60. The topological polar surface area (TPSA) is 63.2 Å². The first-order chi connectivity index (χ1) is 9.69. The molecule has 2 amide bonds. The molecule has 6 heteroatoms. The number of hydrogen-bond acceptors (Lipinski definition) is 3. The Labute approximate surface area is 121 Å². The molecule has 20 heavy (non-hydrogen) atoms. The Bertz CT molecular complexity index is 587. The summed E-state index contributed by atoms with van der Waals surface area (Å²) in [5, 5.41) is 5.87. The monoisotopic (exact) mass is 291 g/mol. The fourth-order valence-corrected chi connectivity index (χ4v) is 1.75. The van der Waals surface area contributed by atoms with E-state index >= 15 is 0 Å². The molecule has 0 atom stereocenters. The fourth-order valence-electron chi connectivity index (χ4n) is 1.63. The number of hydrogen-bond donors (Lipinski definition) is 2. The van der Waals surface area contributed by atoms with Crippen molar-refractivity contribution in [3.63, 3.8) is 0 Å². The molecule has 0 aliphatic carbocycles. The molecular weight excluding hydrogens is 278 g/mol. The van der Waals surface area contributed by atoms with Crippen LogP contribution in [0.15, 0.2) is 42.6 Å². The van der Waals surface area contributed by atoms with Gasteiger partial charge in [0.2, 0.25) is 0 Å². The van der Waals surface area contributed by atoms with Crippen molar-refractivity contribution in [1.29, 1.82) is 0 Å². The largest absolute Gasteiger partial charge is 0.496 e. The maximum Gasteiger partial charge on any atom is 0.320 e. The molecule has 0 saturated heterocycles. The van der Waals surface area contributed by atoms with Crippen LogP contribution < -0.4 is 15.4 Å². The molecular formula is C14H14ClN3O2. The van der Waals surface area contributed by atoms with E-state index in [0.29, 0.717) is 17.4 Å². The maximum absolute atomic E-state index is 11.7. The molecule has 0 fully saturated rings. The van der Waals surface area contributed by atoms with Crippen molar-refractivity contribution in [2.45, 2.75) is 6.54 Å². The summed E-state index contributed by atoms with van der Waals surface area (Å²) in [6.45, 7) is 0.365. The lowest BCUT2D eigenvalue weighted by Crippen LogP contribution is -2.28. The molecule has 5 nitrogen and oxygen atoms in total. The molecule has 1 aromatic carbocycles. The van der Waals surface area contributed by atoms with Gasteiger partial charge in [-0.1, -0.05) is 29.8 Å². The van der Waals surface area contributed by atoms with Gasteiger partial charge in [0.05, 0.1) is 12.1 Å². The molecule has 0 saturated carbocycles. The van der Waals surface area contributed by atoms with Crippen LogP contribution in [0.3, 0.4) is 0 Å². The Morgan fingerprint density at radius 1 is 1.30 bits per heavy atom. The summed E-state index contributed by atoms with van der Waals surface area (Å²) in [5.41, 5.74) is 0.897. The van der Waals surface area contributed by atoms with Gasteiger partial charge in [-0.2, -0.15) is 0 Å². The number of carbonyl (C=O) groups excluding carboxylic acids is 1. The third kappa shape index (κ3) is 3.86. The number of halogens is 1. The van der Waals surface area contributed by atoms with Gasteiger partial charge in [-0.3, -0.25) is 5.32 Å². The van der Waals surface area contributed by atoms with Crippen molar-refractivity contribution >= 4 is 23.4 Å². The molecule has 0 radical (unpaired) electrons. The van der Waals surface area contributed by atoms with Gasteiger partial charge in [0, 0.05) is 18.3 Å². The van der Waals surface area contributed by atoms with E-state index in [2.05, 4.69) is 15.6 Å². The number of carbonyl (C=O) groups is 1. The normalized spacial score (nSPS) is 9.90. The van der Waals surface area contributed by atoms with Crippen LogP contribution in [0.5, 0.6) is 5.75 Å². The SMILES string of the molecule is COc1ccccc1CNC(=O)Nc1ccc(Cl)cn1. The number of amides is 2. The highest BCUT2D eigenvalue weighted by molar-refractivity contribution is 6.30. The van der Waals surface area contributed by atoms with Crippen molar-refractivity contribution in [2.24, 2.45) is 0 Å². The van der Waals surface area contributed by atoms with Gasteiger partial charge < -0.3 is 10.1 Å². The number of nitrogens with one attached hydrogen (secondary N) is 2. The number of urea groups is 1. The van der Waals surface area contributed by atoms with Gasteiger partial charge >= 0.3 is 6.03 Å². The van der Waals surface area contributed by atoms with Gasteiger partial charge in [-0.15, -0.1) is 0 Å². The average Bonchev–Trinajstić information content (AvgIpc) is 2.48. The molecule has 2 aromatic rings. The van der Waals surface area contributed by atoms with E-state index in [1.807, 2.05) is 24.3 Å². The molecule has 0 spiro atoms. The smallest absolute Gasteiger partial charge is 0.320 e. The number of nitrogens with zero attached hydrogens (tertiary/aromatic N) is 1. The Hall–Kier alpha value is -2.27. The predicted octanol–water partition coefficient (Wildman–Crippen LogP) is 3.07. The van der Waals surface area contributed by atoms with Crippen molar-refractivity contribution in [2.75, 3.05) is 12.4 Å². The van der Waals surface area contributed by atoms with Crippen LogP contribution in [-0.4, -0.2) is 18.1 Å². The lowest BCUT2D eigenvalue weighted by atomic mass is 10.2. The predicted molar refractivity (Wildman–Crippen MR) is 78.1 cm³/mol. The molecule has 2 N–H and O–H groups in total. The molecule has 0 unspecified atom stereocenters. The van der Waals surface area contributed by atoms with Crippen molar-refractivity contribution in [3.8, 4) is 5.75 Å². The average molecular weight is 292 g/mol. The summed E-state index contributed by atoms with van der Waals surface area (Å²) in [6.07, 6.45) is 1.47. The second-order valence-corrected chi connectivity index (χ2v) is 4.42. The van der Waals surface area contributed by atoms with Crippen LogP contribution in [0.2, 0.25) is 5.02 Å². The van der Waals surface area contributed by atoms with Crippen molar-refractivity contribution in [3.05, 3.63) is 53.2 Å². The summed E-state index contributed by atoms with van der Waals surface area (Å²) >= 11 is 5.72. The van der Waals surface area contributed by atoms with Crippen LogP contribution in [0.1, 0.15) is 5.56 Å². The number of rotatable bonds is 4. The number of para-hydroxylation sites is 1. The van der Waals surface area contributed by atoms with Gasteiger partial charge in [0.25, 0.3) is 0 Å². The van der Waals surface area contributed by atoms with Crippen LogP contribution >= 0.6 is 11.6 Å². The van der Waals surface area contributed by atoms with E-state index in [1.54, 1.807) is 19.2 Å². The lowest BCUT2D eigenvalue weighted by molar-refractivity contribution is 0.251. The second kappa shape index (κ2) is 6.77. The number of anilines is 1. The number of ether oxygens (including phenoxy) is 1. The van der Waals surface area contributed by atoms with E-state index in [9.17, 15) is 4.79 Å². The zero-order valence-corrected chi connectivity index (χ0v) is 11.6. The summed E-state index contributed by atoms with van der Waals surface area (Å²) in [4.78, 5) is 15.7. The number of aromatic nitrogens is 1. The summed E-state index contributed by atoms with van der Waals surface area (Å²) in [7, 11) is 1.59. The van der Waals surface area contributed by atoms with Gasteiger partial charge in [0.1, 0.15) is 11.6 Å². The van der Waals surface area contributed by atoms with Crippen LogP contribution in [0.4, 0.5) is 10.6 Å². The summed E-state index contributed by atoms with van der Waals surface area (Å²) in [6, 6.07) is 10.4. The van der Waals surface area contributed by atoms with E-state index in [1.165, 1.54) is 6.20 Å². The second-order valence-electron chi connectivity index (χ2n) is 3.98. The quantitative estimate of drug-likeness (QED) is 0.910. The fraction of sp³-hybridized carbons (Fsp3) is 0.143. The molecule has 1 heterocycles. The van der Waals surface area contributed by atoms with E-state index in [-0.39, 0.29) is 6.03 Å². The Morgan fingerprint density at radius 2 is 2.10 bits per heavy atom. The minimum Gasteiger partial charge on any atom is -0.496 e. The van der Waals surface area contributed by atoms with Crippen LogP contribution in [-0.2, 0) is 6.54 Å². The first-order valence-corrected chi connectivity index (χ1v) is 6.35. The summed E-state index contributed by atoms with van der Waals surface area (Å²) < 4.78 is 5.21. The van der Waals surface area contributed by atoms with Crippen LogP contribution in [0.25, 0.3) is 0 Å². The highest BCUT2D eigenvalue weighted by atomic mass is 35.5. The van der Waals surface area contributed by atoms with E-state index < -0.39 is 0 Å². The molecule has 0 aliphatic rings. The molecule has 0 bridgehead atoms. The highest BCUT2D eigenvalue weighted by Crippen LogP contribution is 2.16. The minimum atomic E-state index is -0.342. The highest BCUT2D eigenvalue weighted by Gasteiger charge is 2.05. The Balaban J connectivity index is 1.90. The molecule has 104 valence electrons. The van der Waals surface area contributed by atoms with Gasteiger partial charge in [0.15, 0.2) is 0 Å². The van der Waals surface area contributed by atoms with E-state index in [0.717, 1.165) is 11.3 Å². The number of pyridine rings is 1. The standard InChI is InChI=1S/C14H14ClN3O2/c1-20-12-5-3-2-4-10(12)8-17-14(19)18-13-7-6-11(15)9-16-13/h2-7,9H,8H2,1H3,(H2,16,17,18,19). The Morgan fingerprint density at radius 3 is 2.80 bits per heavy atom. The molecule has 0 aliphatic heterocycles. The Kier molecular flexibility index (Phi) is 4.79. The maximum atomic E-state index is 11.7. The van der Waals surface area contributed by atoms with Gasteiger partial charge in [-0.05, 0) is 18.2 Å². The van der Waals surface area contributed by atoms with E-state index in [4.69, 9.17) is 16.3 Å². The van der Waals surface area contributed by atoms with Crippen molar-refractivity contribution < 1.29 is 9.53 Å². The first kappa shape index (κ1) is 14.1. The first-order valence-electron chi connectivity index (χ1n) is 5.97. The molecule has 2 rings (SSSR count). The zero-order valence-electron chi connectivity index (χ0n) is 10.9. The molecule has 1 aromatic heterocycles. The van der Waals surface area contributed by atoms with Crippen molar-refractivity contribution in [1.82, 2.24) is 10.3 Å². The number of benzene rings is 1. The third-order valence-corrected chi connectivity index (χ3v) is 2.82. The van der Waals surface area contributed by atoms with Gasteiger partial charge in [-0.25, -0.2) is 9.78 Å². The minimum absolute atomic E-state index is 0.342. The zero-order chi connectivity index (χ0) is 14.4. The summed E-state index contributed by atoms with van der Waals surface area (Å²) in [5.74, 6) is 1.17.